The Morgan fingerprint density at radius 2 is 1.87 bits per heavy atom. The Bertz CT molecular complexity index is 842. The summed E-state index contributed by atoms with van der Waals surface area (Å²) in [6.07, 6.45) is 0.157. The summed E-state index contributed by atoms with van der Waals surface area (Å²) in [5.41, 5.74) is 4.67. The second-order valence-electron chi connectivity index (χ2n) is 5.42. The quantitative estimate of drug-likeness (QED) is 0.740. The van der Waals surface area contributed by atoms with Gasteiger partial charge in [0.2, 0.25) is 0 Å². The molecule has 4 nitrogen and oxygen atoms in total. The van der Waals surface area contributed by atoms with Crippen LogP contribution in [0.1, 0.15) is 11.3 Å². The molecule has 0 aliphatic heterocycles. The SMILES string of the molecule is COC(=O)Cc1cc(Nc2ccc(C)cc2)c2ccccc2n1. The highest BCUT2D eigenvalue weighted by molar-refractivity contribution is 5.93. The molecule has 0 unspecified atom stereocenters. The van der Waals surface area contributed by atoms with Gasteiger partial charge in [0.15, 0.2) is 0 Å². The van der Waals surface area contributed by atoms with E-state index in [1.807, 2.05) is 42.5 Å². The highest BCUT2D eigenvalue weighted by Gasteiger charge is 2.09. The number of carbonyl (C=O) groups excluding carboxylic acids is 1. The first-order chi connectivity index (χ1) is 11.2. The lowest BCUT2D eigenvalue weighted by Gasteiger charge is -2.12. The zero-order chi connectivity index (χ0) is 16.2. The van der Waals surface area contributed by atoms with Crippen LogP contribution in [0.2, 0.25) is 0 Å². The lowest BCUT2D eigenvalue weighted by molar-refractivity contribution is -0.139. The van der Waals surface area contributed by atoms with Crippen molar-refractivity contribution in [3.8, 4) is 0 Å². The Kier molecular flexibility index (Phi) is 4.24. The Morgan fingerprint density at radius 1 is 1.13 bits per heavy atom. The van der Waals surface area contributed by atoms with E-state index in [4.69, 9.17) is 4.74 Å². The largest absolute Gasteiger partial charge is 0.469 e. The molecule has 0 atom stereocenters. The molecule has 0 aliphatic carbocycles. The average Bonchev–Trinajstić information content (AvgIpc) is 2.57. The minimum absolute atomic E-state index is 0.157. The lowest BCUT2D eigenvalue weighted by Crippen LogP contribution is -2.07. The van der Waals surface area contributed by atoms with Crippen molar-refractivity contribution in [1.29, 1.82) is 0 Å². The first-order valence-electron chi connectivity index (χ1n) is 7.45. The molecule has 0 amide bonds. The zero-order valence-corrected chi connectivity index (χ0v) is 13.2. The minimum Gasteiger partial charge on any atom is -0.469 e. The van der Waals surface area contributed by atoms with Gasteiger partial charge in [-0.1, -0.05) is 35.9 Å². The van der Waals surface area contributed by atoms with Crippen molar-refractivity contribution in [2.75, 3.05) is 12.4 Å². The summed E-state index contributed by atoms with van der Waals surface area (Å²) < 4.78 is 4.74. The molecule has 0 bridgehead atoms. The van der Waals surface area contributed by atoms with Crippen molar-refractivity contribution in [2.45, 2.75) is 13.3 Å². The number of benzene rings is 2. The molecular weight excluding hydrogens is 288 g/mol. The molecule has 3 aromatic rings. The molecule has 1 N–H and O–H groups in total. The van der Waals surface area contributed by atoms with Gasteiger partial charge in [-0.05, 0) is 31.2 Å². The van der Waals surface area contributed by atoms with E-state index < -0.39 is 0 Å². The first kappa shape index (κ1) is 15.0. The Labute approximate surface area is 135 Å². The fraction of sp³-hybridized carbons (Fsp3) is 0.158. The van der Waals surface area contributed by atoms with Crippen molar-refractivity contribution >= 4 is 28.2 Å². The predicted molar refractivity (Wildman–Crippen MR) is 91.9 cm³/mol. The van der Waals surface area contributed by atoms with Gasteiger partial charge < -0.3 is 10.1 Å². The Morgan fingerprint density at radius 3 is 2.61 bits per heavy atom. The third kappa shape index (κ3) is 3.48. The molecule has 0 aliphatic rings. The summed E-state index contributed by atoms with van der Waals surface area (Å²) in [5, 5.41) is 4.43. The van der Waals surface area contributed by atoms with Crippen LogP contribution in [0, 0.1) is 6.92 Å². The van der Waals surface area contributed by atoms with Crippen LogP contribution in [0.15, 0.2) is 54.6 Å². The first-order valence-corrected chi connectivity index (χ1v) is 7.45. The van der Waals surface area contributed by atoms with Crippen LogP contribution in [-0.4, -0.2) is 18.1 Å². The monoisotopic (exact) mass is 306 g/mol. The van der Waals surface area contributed by atoms with Crippen molar-refractivity contribution in [3.05, 3.63) is 65.9 Å². The van der Waals surface area contributed by atoms with E-state index in [1.54, 1.807) is 0 Å². The summed E-state index contributed by atoms with van der Waals surface area (Å²) in [4.78, 5) is 16.1. The third-order valence-corrected chi connectivity index (χ3v) is 3.65. The second kappa shape index (κ2) is 6.48. The summed E-state index contributed by atoms with van der Waals surface area (Å²) in [6, 6.07) is 17.9. The van der Waals surface area contributed by atoms with Gasteiger partial charge in [0.1, 0.15) is 0 Å². The molecule has 23 heavy (non-hydrogen) atoms. The molecule has 0 fully saturated rings. The maximum Gasteiger partial charge on any atom is 0.311 e. The molecule has 3 rings (SSSR count). The molecule has 4 heteroatoms. The number of pyridine rings is 1. The maximum absolute atomic E-state index is 11.5. The summed E-state index contributed by atoms with van der Waals surface area (Å²) in [6.45, 7) is 2.06. The number of nitrogens with zero attached hydrogens (tertiary/aromatic N) is 1. The van der Waals surface area contributed by atoms with E-state index in [0.717, 1.165) is 22.3 Å². The molecule has 2 aromatic carbocycles. The standard InChI is InChI=1S/C19H18N2O2/c1-13-7-9-14(10-8-13)20-18-11-15(12-19(22)23-2)21-17-6-4-3-5-16(17)18/h3-11H,12H2,1-2H3,(H,20,21). The van der Waals surface area contributed by atoms with Crippen molar-refractivity contribution in [1.82, 2.24) is 4.98 Å². The highest BCUT2D eigenvalue weighted by Crippen LogP contribution is 2.27. The van der Waals surface area contributed by atoms with Crippen LogP contribution < -0.4 is 5.32 Å². The van der Waals surface area contributed by atoms with Gasteiger partial charge in [0.05, 0.1) is 24.7 Å². The molecular formula is C19H18N2O2. The van der Waals surface area contributed by atoms with E-state index in [2.05, 4.69) is 29.4 Å². The Balaban J connectivity index is 2.02. The number of para-hydroxylation sites is 1. The summed E-state index contributed by atoms with van der Waals surface area (Å²) >= 11 is 0. The van der Waals surface area contributed by atoms with Gasteiger partial charge >= 0.3 is 5.97 Å². The number of anilines is 2. The topological polar surface area (TPSA) is 51.2 Å². The zero-order valence-electron chi connectivity index (χ0n) is 13.2. The molecule has 116 valence electrons. The lowest BCUT2D eigenvalue weighted by atomic mass is 10.1. The van der Waals surface area contributed by atoms with Gasteiger partial charge in [-0.15, -0.1) is 0 Å². The van der Waals surface area contributed by atoms with E-state index in [-0.39, 0.29) is 12.4 Å². The molecule has 0 saturated heterocycles. The number of hydrogen-bond donors (Lipinski definition) is 1. The van der Waals surface area contributed by atoms with Crippen LogP contribution in [0.5, 0.6) is 0 Å². The molecule has 0 spiro atoms. The predicted octanol–water partition coefficient (Wildman–Crippen LogP) is 4.00. The number of methoxy groups -OCH3 is 1. The second-order valence-corrected chi connectivity index (χ2v) is 5.42. The van der Waals surface area contributed by atoms with Gasteiger partial charge in [0, 0.05) is 16.8 Å². The average molecular weight is 306 g/mol. The van der Waals surface area contributed by atoms with Gasteiger partial charge in [-0.3, -0.25) is 9.78 Å². The fourth-order valence-electron chi connectivity index (χ4n) is 2.44. The van der Waals surface area contributed by atoms with E-state index >= 15 is 0 Å². The van der Waals surface area contributed by atoms with Crippen LogP contribution in [0.3, 0.4) is 0 Å². The number of fused-ring (bicyclic) bond motifs is 1. The normalized spacial score (nSPS) is 10.5. The van der Waals surface area contributed by atoms with Gasteiger partial charge in [-0.25, -0.2) is 0 Å². The number of nitrogens with one attached hydrogen (secondary N) is 1. The summed E-state index contributed by atoms with van der Waals surface area (Å²) in [5.74, 6) is -0.297. The smallest absolute Gasteiger partial charge is 0.311 e. The summed E-state index contributed by atoms with van der Waals surface area (Å²) in [7, 11) is 1.38. The van der Waals surface area contributed by atoms with Crippen molar-refractivity contribution in [2.24, 2.45) is 0 Å². The number of aryl methyl sites for hydroxylation is 1. The number of aromatic nitrogens is 1. The van der Waals surface area contributed by atoms with Gasteiger partial charge in [-0.2, -0.15) is 0 Å². The fourth-order valence-corrected chi connectivity index (χ4v) is 2.44. The Hall–Kier alpha value is -2.88. The van der Waals surface area contributed by atoms with Crippen LogP contribution in [0.25, 0.3) is 10.9 Å². The number of carbonyl (C=O) groups is 1. The van der Waals surface area contributed by atoms with Crippen LogP contribution >= 0.6 is 0 Å². The maximum atomic E-state index is 11.5. The minimum atomic E-state index is -0.297. The number of esters is 1. The van der Waals surface area contributed by atoms with E-state index in [0.29, 0.717) is 5.69 Å². The highest BCUT2D eigenvalue weighted by atomic mass is 16.5. The number of rotatable bonds is 4. The number of hydrogen-bond acceptors (Lipinski definition) is 4. The van der Waals surface area contributed by atoms with Crippen LogP contribution in [0.4, 0.5) is 11.4 Å². The van der Waals surface area contributed by atoms with E-state index in [1.165, 1.54) is 12.7 Å². The molecule has 1 aromatic heterocycles. The number of ether oxygens (including phenoxy) is 1. The molecule has 0 radical (unpaired) electrons. The third-order valence-electron chi connectivity index (χ3n) is 3.65. The van der Waals surface area contributed by atoms with Gasteiger partial charge in [0.25, 0.3) is 0 Å². The van der Waals surface area contributed by atoms with Crippen LogP contribution in [-0.2, 0) is 16.0 Å². The van der Waals surface area contributed by atoms with Crippen molar-refractivity contribution < 1.29 is 9.53 Å². The van der Waals surface area contributed by atoms with Crippen molar-refractivity contribution in [3.63, 3.8) is 0 Å². The molecule has 0 saturated carbocycles. The molecule has 1 heterocycles. The van der Waals surface area contributed by atoms with E-state index in [9.17, 15) is 4.79 Å².